The van der Waals surface area contributed by atoms with Crippen LogP contribution in [-0.2, 0) is 14.3 Å². The highest BCUT2D eigenvalue weighted by Crippen LogP contribution is 2.27. The van der Waals surface area contributed by atoms with Crippen molar-refractivity contribution in [2.75, 3.05) is 18.1 Å². The maximum Gasteiger partial charge on any atom is 0.408 e. The van der Waals surface area contributed by atoms with Gasteiger partial charge in [-0.05, 0) is 64.3 Å². The Morgan fingerprint density at radius 1 is 1.03 bits per heavy atom. The van der Waals surface area contributed by atoms with E-state index in [1.807, 2.05) is 63.2 Å². The van der Waals surface area contributed by atoms with Crippen LogP contribution < -0.4 is 10.6 Å². The first-order valence-corrected chi connectivity index (χ1v) is 11.8. The predicted octanol–water partition coefficient (Wildman–Crippen LogP) is 4.57. The summed E-state index contributed by atoms with van der Waals surface area (Å²) in [5.41, 5.74) is 3.49. The van der Waals surface area contributed by atoms with Crippen molar-refractivity contribution in [1.29, 1.82) is 0 Å². The minimum atomic E-state index is -0.970. The van der Waals surface area contributed by atoms with E-state index in [4.69, 9.17) is 4.74 Å². The van der Waals surface area contributed by atoms with Gasteiger partial charge in [0.1, 0.15) is 17.7 Å². The topological polar surface area (TPSA) is 87.7 Å². The summed E-state index contributed by atoms with van der Waals surface area (Å²) in [6.07, 6.45) is -0.722. The van der Waals surface area contributed by atoms with Crippen molar-refractivity contribution < 1.29 is 19.1 Å². The van der Waals surface area contributed by atoms with Crippen LogP contribution in [0.2, 0.25) is 0 Å². The van der Waals surface area contributed by atoms with Crippen molar-refractivity contribution in [1.82, 2.24) is 10.2 Å². The molecule has 0 saturated carbocycles. The minimum absolute atomic E-state index is 0.0431. The van der Waals surface area contributed by atoms with Gasteiger partial charge in [-0.1, -0.05) is 42.0 Å². The first kappa shape index (κ1) is 27.2. The molecule has 2 atom stereocenters. The number of benzene rings is 2. The molecular weight excluding hydrogens is 450 g/mol. The number of hydrogen-bond acceptors (Lipinski definition) is 5. The van der Waals surface area contributed by atoms with Gasteiger partial charge in [0.25, 0.3) is 5.91 Å². The lowest BCUT2D eigenvalue weighted by Gasteiger charge is -2.32. The van der Waals surface area contributed by atoms with E-state index in [-0.39, 0.29) is 11.7 Å². The normalized spacial score (nSPS) is 12.9. The van der Waals surface area contributed by atoms with E-state index in [1.54, 1.807) is 27.8 Å². The largest absolute Gasteiger partial charge is 0.444 e. The van der Waals surface area contributed by atoms with E-state index in [1.165, 1.54) is 4.90 Å². The average molecular weight is 486 g/mol. The maximum atomic E-state index is 13.5. The molecule has 0 radical (unpaired) electrons. The second-order valence-electron chi connectivity index (χ2n) is 9.40. The molecule has 0 heterocycles. The molecule has 0 aliphatic rings. The van der Waals surface area contributed by atoms with Crippen LogP contribution in [0, 0.1) is 20.8 Å². The second kappa shape index (κ2) is 11.4. The Kier molecular flexibility index (Phi) is 9.15. The van der Waals surface area contributed by atoms with Gasteiger partial charge in [0.15, 0.2) is 0 Å². The van der Waals surface area contributed by atoms with Gasteiger partial charge in [-0.25, -0.2) is 4.79 Å². The van der Waals surface area contributed by atoms with Crippen molar-refractivity contribution in [3.8, 4) is 0 Å². The van der Waals surface area contributed by atoms with Crippen molar-refractivity contribution in [2.45, 2.75) is 59.2 Å². The summed E-state index contributed by atoms with van der Waals surface area (Å²) >= 11 is 4.25. The van der Waals surface area contributed by atoms with E-state index in [9.17, 15) is 14.4 Å². The molecule has 2 N–H and O–H groups in total. The van der Waals surface area contributed by atoms with Crippen molar-refractivity contribution in [2.24, 2.45) is 0 Å². The number of ether oxygens (including phenoxy) is 1. The maximum absolute atomic E-state index is 13.5. The van der Waals surface area contributed by atoms with Crippen LogP contribution in [0.5, 0.6) is 0 Å². The zero-order valence-corrected chi connectivity index (χ0v) is 21.8. The number of carbonyl (C=O) groups is 3. The fourth-order valence-corrected chi connectivity index (χ4v) is 3.83. The number of nitrogens with one attached hydrogen (secondary N) is 2. The number of rotatable bonds is 7. The highest BCUT2D eigenvalue weighted by Gasteiger charge is 2.34. The molecule has 3 amide bonds. The van der Waals surface area contributed by atoms with Crippen LogP contribution in [0.1, 0.15) is 49.1 Å². The van der Waals surface area contributed by atoms with Crippen LogP contribution >= 0.6 is 12.6 Å². The van der Waals surface area contributed by atoms with Gasteiger partial charge in [0.2, 0.25) is 5.91 Å². The minimum Gasteiger partial charge on any atom is -0.444 e. The van der Waals surface area contributed by atoms with Gasteiger partial charge in [0, 0.05) is 18.5 Å². The molecular formula is C26H35N3O4S. The average Bonchev–Trinajstić information content (AvgIpc) is 2.73. The number of nitrogens with zero attached hydrogens (tertiary/aromatic N) is 1. The number of alkyl carbamates (subject to hydrolysis) is 1. The van der Waals surface area contributed by atoms with Gasteiger partial charge in [-0.3, -0.25) is 9.59 Å². The summed E-state index contributed by atoms with van der Waals surface area (Å²) in [6.45, 7) is 11.0. The fraction of sp³-hybridized carbons (Fsp3) is 0.423. The van der Waals surface area contributed by atoms with Gasteiger partial charge in [0.05, 0.1) is 0 Å². The number of carbonyl (C=O) groups excluding carboxylic acids is 3. The molecule has 2 unspecified atom stereocenters. The summed E-state index contributed by atoms with van der Waals surface area (Å²) in [6, 6.07) is 11.3. The van der Waals surface area contributed by atoms with E-state index in [2.05, 4.69) is 23.3 Å². The molecule has 2 aromatic rings. The lowest BCUT2D eigenvalue weighted by atomic mass is 9.97. The standard InChI is InChI=1S/C26H35N3O4S/c1-16-12-13-19(18(3)14-16)22(23(30)27-20-11-9-8-10-17(20)2)29(7)24(31)21(15-34)28-25(32)33-26(4,5)6/h8-14,21-22,34H,15H2,1-7H3,(H,27,30)(H,28,32). The van der Waals surface area contributed by atoms with Crippen molar-refractivity contribution >= 4 is 36.2 Å². The molecule has 2 rings (SSSR count). The summed E-state index contributed by atoms with van der Waals surface area (Å²) in [7, 11) is 1.55. The zero-order chi connectivity index (χ0) is 25.6. The monoisotopic (exact) mass is 485 g/mol. The summed E-state index contributed by atoms with van der Waals surface area (Å²) in [5, 5.41) is 5.52. The number of para-hydroxylation sites is 1. The van der Waals surface area contributed by atoms with Gasteiger partial charge in [-0.15, -0.1) is 0 Å². The van der Waals surface area contributed by atoms with Crippen LogP contribution in [0.25, 0.3) is 0 Å². The quantitative estimate of drug-likeness (QED) is 0.501. The molecule has 0 aliphatic heterocycles. The third-order valence-electron chi connectivity index (χ3n) is 5.28. The summed E-state index contributed by atoms with van der Waals surface area (Å²) in [5.74, 6) is -0.764. The van der Waals surface area contributed by atoms with E-state index in [0.717, 1.165) is 16.7 Å². The molecule has 8 heteroatoms. The highest BCUT2D eigenvalue weighted by molar-refractivity contribution is 7.80. The van der Waals surface area contributed by atoms with Gasteiger partial charge in [-0.2, -0.15) is 12.6 Å². The Morgan fingerprint density at radius 2 is 1.68 bits per heavy atom. The second-order valence-corrected chi connectivity index (χ2v) is 9.76. The van der Waals surface area contributed by atoms with E-state index >= 15 is 0 Å². The molecule has 0 aliphatic carbocycles. The lowest BCUT2D eigenvalue weighted by molar-refractivity contribution is -0.138. The number of amides is 3. The Hall–Kier alpha value is -3.00. The molecule has 0 fully saturated rings. The van der Waals surface area contributed by atoms with E-state index < -0.39 is 29.7 Å². The SMILES string of the molecule is Cc1ccc(C(C(=O)Nc2ccccc2C)N(C)C(=O)C(CS)NC(=O)OC(C)(C)C)c(C)c1. The summed E-state index contributed by atoms with van der Waals surface area (Å²) in [4.78, 5) is 40.6. The van der Waals surface area contributed by atoms with Crippen molar-refractivity contribution in [3.63, 3.8) is 0 Å². The van der Waals surface area contributed by atoms with Gasteiger partial charge >= 0.3 is 6.09 Å². The Bertz CT molecular complexity index is 1050. The molecule has 34 heavy (non-hydrogen) atoms. The third-order valence-corrected chi connectivity index (χ3v) is 5.64. The number of anilines is 1. The Labute approximate surface area is 207 Å². The zero-order valence-electron chi connectivity index (χ0n) is 20.9. The molecule has 0 saturated heterocycles. The first-order valence-electron chi connectivity index (χ1n) is 11.1. The Morgan fingerprint density at radius 3 is 2.24 bits per heavy atom. The van der Waals surface area contributed by atoms with Crippen molar-refractivity contribution in [3.05, 3.63) is 64.7 Å². The molecule has 0 aromatic heterocycles. The van der Waals surface area contributed by atoms with E-state index in [0.29, 0.717) is 11.3 Å². The highest BCUT2D eigenvalue weighted by atomic mass is 32.1. The number of likely N-dealkylation sites (N-methyl/N-ethyl adjacent to an activating group) is 1. The van der Waals surface area contributed by atoms with Crippen LogP contribution in [0.15, 0.2) is 42.5 Å². The predicted molar refractivity (Wildman–Crippen MR) is 138 cm³/mol. The summed E-state index contributed by atoms with van der Waals surface area (Å²) < 4.78 is 5.28. The van der Waals surface area contributed by atoms with Crippen LogP contribution in [-0.4, -0.2) is 47.3 Å². The van der Waals surface area contributed by atoms with Gasteiger partial charge < -0.3 is 20.3 Å². The lowest BCUT2D eigenvalue weighted by Crippen LogP contribution is -2.52. The third kappa shape index (κ3) is 7.25. The smallest absolute Gasteiger partial charge is 0.408 e. The first-order chi connectivity index (χ1) is 15.8. The molecule has 7 nitrogen and oxygen atoms in total. The molecule has 184 valence electrons. The number of thiol groups is 1. The molecule has 2 aromatic carbocycles. The number of aryl methyl sites for hydroxylation is 3. The number of hydrogen-bond donors (Lipinski definition) is 3. The van der Waals surface area contributed by atoms with Crippen LogP contribution in [0.3, 0.4) is 0 Å². The molecule has 0 spiro atoms. The fourth-order valence-electron chi connectivity index (χ4n) is 3.58. The Balaban J connectivity index is 2.38. The molecule has 0 bridgehead atoms. The van der Waals surface area contributed by atoms with Crippen LogP contribution in [0.4, 0.5) is 10.5 Å².